The number of halogens is 1. The molecule has 2 aromatic carbocycles. The van der Waals surface area contributed by atoms with Gasteiger partial charge >= 0.3 is 0 Å². The summed E-state index contributed by atoms with van der Waals surface area (Å²) in [5, 5.41) is 3.49. The highest BCUT2D eigenvalue weighted by Crippen LogP contribution is 2.31. The predicted octanol–water partition coefficient (Wildman–Crippen LogP) is 4.17. The summed E-state index contributed by atoms with van der Waals surface area (Å²) in [7, 11) is 0. The zero-order valence-electron chi connectivity index (χ0n) is 16.3. The molecule has 0 saturated carbocycles. The molecule has 1 aliphatic heterocycles. The Morgan fingerprint density at radius 2 is 1.93 bits per heavy atom. The monoisotopic (exact) mass is 399 g/mol. The van der Waals surface area contributed by atoms with Crippen LogP contribution in [-0.2, 0) is 16.1 Å². The number of amides is 2. The Balaban J connectivity index is 1.66. The third-order valence-electron chi connectivity index (χ3n) is 5.13. The molecule has 1 fully saturated rings. The summed E-state index contributed by atoms with van der Waals surface area (Å²) in [6, 6.07) is 15.1. The number of nitrogens with one attached hydrogen (secondary N) is 1. The first-order chi connectivity index (χ1) is 13.5. The molecular formula is C22H26ClN3O2. The van der Waals surface area contributed by atoms with E-state index in [0.29, 0.717) is 17.3 Å². The molecule has 0 bridgehead atoms. The van der Waals surface area contributed by atoms with Crippen LogP contribution in [0.1, 0.15) is 25.8 Å². The van der Waals surface area contributed by atoms with Gasteiger partial charge in [-0.25, -0.2) is 0 Å². The Bertz CT molecular complexity index is 851. The molecule has 6 heteroatoms. The zero-order chi connectivity index (χ0) is 20.1. The Morgan fingerprint density at radius 1 is 1.18 bits per heavy atom. The van der Waals surface area contributed by atoms with Crippen LogP contribution in [0.3, 0.4) is 0 Å². The number of nitrogens with zero attached hydrogens (tertiary/aromatic N) is 2. The van der Waals surface area contributed by atoms with Crippen molar-refractivity contribution in [3.63, 3.8) is 0 Å². The topological polar surface area (TPSA) is 52.7 Å². The van der Waals surface area contributed by atoms with E-state index in [-0.39, 0.29) is 18.2 Å². The maximum Gasteiger partial charge on any atom is 0.229 e. The molecule has 1 heterocycles. The van der Waals surface area contributed by atoms with E-state index >= 15 is 0 Å². The molecule has 0 radical (unpaired) electrons. The summed E-state index contributed by atoms with van der Waals surface area (Å²) < 4.78 is 0. The summed E-state index contributed by atoms with van der Waals surface area (Å²) in [4.78, 5) is 29.1. The molecule has 1 N–H and O–H groups in total. The van der Waals surface area contributed by atoms with Crippen molar-refractivity contribution in [1.82, 2.24) is 4.90 Å². The van der Waals surface area contributed by atoms with Crippen molar-refractivity contribution >= 4 is 34.8 Å². The van der Waals surface area contributed by atoms with Gasteiger partial charge < -0.3 is 10.2 Å². The molecule has 148 valence electrons. The number of para-hydroxylation sites is 1. The quantitative estimate of drug-likeness (QED) is 0.760. The minimum absolute atomic E-state index is 0.0801. The van der Waals surface area contributed by atoms with E-state index in [9.17, 15) is 9.59 Å². The number of hydrogen-bond acceptors (Lipinski definition) is 3. The first-order valence-electron chi connectivity index (χ1n) is 9.68. The van der Waals surface area contributed by atoms with E-state index in [2.05, 4.69) is 30.1 Å². The van der Waals surface area contributed by atoms with Gasteiger partial charge in [-0.15, -0.1) is 0 Å². The number of carbonyl (C=O) groups is 2. The minimum Gasteiger partial charge on any atom is -0.326 e. The summed E-state index contributed by atoms with van der Waals surface area (Å²) in [6.07, 6.45) is 0.191. The number of carbonyl (C=O) groups excluding carboxylic acids is 2. The minimum atomic E-state index is -0.393. The second-order valence-corrected chi connectivity index (χ2v) is 7.42. The molecule has 0 aliphatic carbocycles. The number of benzene rings is 2. The van der Waals surface area contributed by atoms with E-state index in [1.807, 2.05) is 30.3 Å². The highest BCUT2D eigenvalue weighted by molar-refractivity contribution is 6.33. The lowest BCUT2D eigenvalue weighted by Gasteiger charge is -2.19. The van der Waals surface area contributed by atoms with E-state index in [4.69, 9.17) is 11.6 Å². The lowest BCUT2D eigenvalue weighted by Crippen LogP contribution is -2.28. The van der Waals surface area contributed by atoms with Crippen LogP contribution in [-0.4, -0.2) is 36.3 Å². The molecule has 2 amide bonds. The molecule has 0 spiro atoms. The normalized spacial score (nSPS) is 16.6. The van der Waals surface area contributed by atoms with E-state index in [1.54, 1.807) is 17.0 Å². The molecule has 1 saturated heterocycles. The summed E-state index contributed by atoms with van der Waals surface area (Å²) in [6.45, 7) is 7.42. The Morgan fingerprint density at radius 3 is 2.64 bits per heavy atom. The maximum absolute atomic E-state index is 12.7. The van der Waals surface area contributed by atoms with Gasteiger partial charge in [0, 0.05) is 25.2 Å². The molecular weight excluding hydrogens is 374 g/mol. The van der Waals surface area contributed by atoms with Gasteiger partial charge in [-0.05, 0) is 42.9 Å². The fourth-order valence-corrected chi connectivity index (χ4v) is 3.72. The van der Waals surface area contributed by atoms with Crippen molar-refractivity contribution in [3.8, 4) is 0 Å². The largest absolute Gasteiger partial charge is 0.326 e. The van der Waals surface area contributed by atoms with Crippen LogP contribution < -0.4 is 10.2 Å². The zero-order valence-corrected chi connectivity index (χ0v) is 17.1. The SMILES string of the molecule is CCN(CC)Cc1cccc(NC(=O)C2CC(=O)N(c3ccccc3Cl)C2)c1. The van der Waals surface area contributed by atoms with Gasteiger partial charge in [-0.2, -0.15) is 0 Å². The molecule has 1 unspecified atom stereocenters. The number of anilines is 2. The molecule has 28 heavy (non-hydrogen) atoms. The van der Waals surface area contributed by atoms with Crippen molar-refractivity contribution in [2.75, 3.05) is 29.9 Å². The van der Waals surface area contributed by atoms with Crippen LogP contribution >= 0.6 is 11.6 Å². The van der Waals surface area contributed by atoms with Crippen LogP contribution in [0.15, 0.2) is 48.5 Å². The molecule has 1 aliphatic rings. The van der Waals surface area contributed by atoms with Gasteiger partial charge in [0.25, 0.3) is 0 Å². The third-order valence-corrected chi connectivity index (χ3v) is 5.45. The van der Waals surface area contributed by atoms with Gasteiger partial charge in [0.2, 0.25) is 11.8 Å². The molecule has 5 nitrogen and oxygen atoms in total. The van der Waals surface area contributed by atoms with Crippen LogP contribution in [0.5, 0.6) is 0 Å². The highest BCUT2D eigenvalue weighted by atomic mass is 35.5. The van der Waals surface area contributed by atoms with E-state index in [1.165, 1.54) is 0 Å². The van der Waals surface area contributed by atoms with Gasteiger partial charge in [0.1, 0.15) is 0 Å². The first-order valence-corrected chi connectivity index (χ1v) is 10.1. The van der Waals surface area contributed by atoms with Crippen LogP contribution in [0.2, 0.25) is 5.02 Å². The second-order valence-electron chi connectivity index (χ2n) is 7.01. The van der Waals surface area contributed by atoms with Gasteiger partial charge in [-0.1, -0.05) is 49.7 Å². The van der Waals surface area contributed by atoms with Crippen molar-refractivity contribution < 1.29 is 9.59 Å². The molecule has 2 aromatic rings. The first kappa shape index (κ1) is 20.4. The van der Waals surface area contributed by atoms with Crippen molar-refractivity contribution in [1.29, 1.82) is 0 Å². The predicted molar refractivity (Wildman–Crippen MR) is 114 cm³/mol. The second kappa shape index (κ2) is 9.22. The fourth-order valence-electron chi connectivity index (χ4n) is 3.48. The molecule has 0 aromatic heterocycles. The van der Waals surface area contributed by atoms with E-state index in [0.717, 1.165) is 30.9 Å². The number of rotatable bonds is 7. The standard InChI is InChI=1S/C22H26ClN3O2/c1-3-25(4-2)14-16-8-7-9-18(12-16)24-22(28)17-13-21(27)26(15-17)20-11-6-5-10-19(20)23/h5-12,17H,3-4,13-15H2,1-2H3,(H,24,28). The molecule has 3 rings (SSSR count). The van der Waals surface area contributed by atoms with Crippen molar-refractivity contribution in [3.05, 3.63) is 59.1 Å². The van der Waals surface area contributed by atoms with Gasteiger partial charge in [-0.3, -0.25) is 14.5 Å². The summed E-state index contributed by atoms with van der Waals surface area (Å²) in [5.74, 6) is -0.610. The average Bonchev–Trinajstić information content (AvgIpc) is 3.08. The maximum atomic E-state index is 12.7. The average molecular weight is 400 g/mol. The van der Waals surface area contributed by atoms with Crippen molar-refractivity contribution in [2.45, 2.75) is 26.8 Å². The van der Waals surface area contributed by atoms with Crippen LogP contribution in [0.25, 0.3) is 0 Å². The summed E-state index contributed by atoms with van der Waals surface area (Å²) in [5.41, 5.74) is 2.57. The Labute approximate surface area is 171 Å². The third kappa shape index (κ3) is 4.72. The fraction of sp³-hybridized carbons (Fsp3) is 0.364. The van der Waals surface area contributed by atoms with E-state index < -0.39 is 5.92 Å². The smallest absolute Gasteiger partial charge is 0.229 e. The number of hydrogen-bond donors (Lipinski definition) is 1. The Hall–Kier alpha value is -2.37. The summed E-state index contributed by atoms with van der Waals surface area (Å²) >= 11 is 6.21. The molecule has 1 atom stereocenters. The highest BCUT2D eigenvalue weighted by Gasteiger charge is 2.35. The van der Waals surface area contributed by atoms with Crippen LogP contribution in [0.4, 0.5) is 11.4 Å². The van der Waals surface area contributed by atoms with Crippen LogP contribution in [0, 0.1) is 5.92 Å². The lowest BCUT2D eigenvalue weighted by molar-refractivity contribution is -0.122. The Kier molecular flexibility index (Phi) is 6.70. The van der Waals surface area contributed by atoms with Gasteiger partial charge in [0.15, 0.2) is 0 Å². The van der Waals surface area contributed by atoms with Gasteiger partial charge in [0.05, 0.1) is 16.6 Å². The lowest BCUT2D eigenvalue weighted by atomic mass is 10.1. The van der Waals surface area contributed by atoms with Crippen molar-refractivity contribution in [2.24, 2.45) is 5.92 Å².